The Morgan fingerprint density at radius 3 is 2.21 bits per heavy atom. The van der Waals surface area contributed by atoms with Gasteiger partial charge in [-0.1, -0.05) is 6.92 Å². The van der Waals surface area contributed by atoms with Crippen molar-refractivity contribution in [2.45, 2.75) is 58.4 Å². The Morgan fingerprint density at radius 2 is 1.79 bits per heavy atom. The first-order valence-electron chi connectivity index (χ1n) is 7.00. The van der Waals surface area contributed by atoms with Gasteiger partial charge >= 0.3 is 8.80 Å². The normalized spacial score (nSPS) is 14.9. The minimum Gasteiger partial charge on any atom is -0.374 e. The number of hydrogen-bond donors (Lipinski definition) is 1. The van der Waals surface area contributed by atoms with Crippen LogP contribution in [0.3, 0.4) is 0 Å². The van der Waals surface area contributed by atoms with E-state index >= 15 is 0 Å². The van der Waals surface area contributed by atoms with Crippen LogP contribution in [0.2, 0.25) is 6.04 Å². The van der Waals surface area contributed by atoms with Gasteiger partial charge in [-0.15, -0.1) is 12.6 Å². The third-order valence-corrected chi connectivity index (χ3v) is 6.33. The van der Waals surface area contributed by atoms with Gasteiger partial charge in [-0.25, -0.2) is 0 Å². The van der Waals surface area contributed by atoms with Crippen LogP contribution in [0.15, 0.2) is 0 Å². The van der Waals surface area contributed by atoms with E-state index in [9.17, 15) is 0 Å². The summed E-state index contributed by atoms with van der Waals surface area (Å²) >= 11 is 4.29. The largest absolute Gasteiger partial charge is 0.502 e. The highest BCUT2D eigenvalue weighted by Gasteiger charge is 2.43. The number of nitriles is 1. The molecule has 4 nitrogen and oxygen atoms in total. The van der Waals surface area contributed by atoms with Gasteiger partial charge in [-0.3, -0.25) is 0 Å². The van der Waals surface area contributed by atoms with Crippen LogP contribution < -0.4 is 0 Å². The Morgan fingerprint density at radius 1 is 1.21 bits per heavy atom. The summed E-state index contributed by atoms with van der Waals surface area (Å²) in [7, 11) is -2.64. The van der Waals surface area contributed by atoms with Crippen molar-refractivity contribution in [1.29, 1.82) is 5.26 Å². The van der Waals surface area contributed by atoms with Crippen LogP contribution in [0.1, 0.15) is 47.0 Å². The lowest BCUT2D eigenvalue weighted by Crippen LogP contribution is -2.48. The molecule has 0 aromatic rings. The summed E-state index contributed by atoms with van der Waals surface area (Å²) in [6.45, 7) is 9.10. The topological polar surface area (TPSA) is 51.5 Å². The zero-order valence-electron chi connectivity index (χ0n) is 12.5. The molecule has 0 aliphatic carbocycles. The Labute approximate surface area is 124 Å². The maximum atomic E-state index is 8.57. The fourth-order valence-electron chi connectivity index (χ4n) is 2.03. The molecule has 2 unspecified atom stereocenters. The Bertz CT molecular complexity index is 265. The maximum Gasteiger partial charge on any atom is 0.502 e. The quantitative estimate of drug-likeness (QED) is 0.274. The summed E-state index contributed by atoms with van der Waals surface area (Å²) < 4.78 is 17.6. The smallest absolute Gasteiger partial charge is 0.374 e. The minimum absolute atomic E-state index is 0.198. The van der Waals surface area contributed by atoms with Gasteiger partial charge in [0.25, 0.3) is 0 Å². The van der Waals surface area contributed by atoms with Crippen molar-refractivity contribution in [1.82, 2.24) is 0 Å². The van der Waals surface area contributed by atoms with Crippen LogP contribution in [-0.2, 0) is 13.3 Å². The second kappa shape index (κ2) is 10.7. The molecule has 0 radical (unpaired) electrons. The zero-order valence-corrected chi connectivity index (χ0v) is 14.4. The van der Waals surface area contributed by atoms with E-state index < -0.39 is 8.80 Å². The van der Waals surface area contributed by atoms with Gasteiger partial charge < -0.3 is 13.3 Å². The van der Waals surface area contributed by atoms with Gasteiger partial charge in [0.15, 0.2) is 0 Å². The third kappa shape index (κ3) is 8.66. The average Bonchev–Trinajstić information content (AvgIpc) is 2.28. The fourth-order valence-corrected chi connectivity index (χ4v) is 5.52. The molecular weight excluding hydrogens is 278 g/mol. The monoisotopic (exact) mass is 305 g/mol. The van der Waals surface area contributed by atoms with E-state index in [0.717, 1.165) is 18.9 Å². The highest BCUT2D eigenvalue weighted by atomic mass is 32.1. The first-order chi connectivity index (χ1) is 8.99. The van der Waals surface area contributed by atoms with E-state index in [1.807, 2.05) is 20.8 Å². The summed E-state index contributed by atoms with van der Waals surface area (Å²) in [6, 6.07) is 2.96. The highest BCUT2D eigenvalue weighted by Crippen LogP contribution is 2.26. The van der Waals surface area contributed by atoms with E-state index in [4.69, 9.17) is 18.5 Å². The van der Waals surface area contributed by atoms with Crippen molar-refractivity contribution in [3.05, 3.63) is 0 Å². The lowest BCUT2D eigenvalue weighted by atomic mass is 10.1. The number of thiol groups is 1. The van der Waals surface area contributed by atoms with E-state index in [1.165, 1.54) is 0 Å². The molecule has 0 aliphatic heterocycles. The molecule has 0 aromatic carbocycles. The van der Waals surface area contributed by atoms with Crippen LogP contribution in [0, 0.1) is 17.2 Å². The van der Waals surface area contributed by atoms with Crippen LogP contribution in [0.4, 0.5) is 0 Å². The summed E-state index contributed by atoms with van der Waals surface area (Å²) in [4.78, 5) is 0. The highest BCUT2D eigenvalue weighted by molar-refractivity contribution is 7.80. The number of nitrogens with zero attached hydrogens (tertiary/aromatic N) is 1. The van der Waals surface area contributed by atoms with E-state index in [0.29, 0.717) is 25.6 Å². The lowest BCUT2D eigenvalue weighted by Gasteiger charge is -2.32. The van der Waals surface area contributed by atoms with E-state index in [1.54, 1.807) is 0 Å². The SMILES string of the molecule is CCO[Si](CC(C)CCCC#N)(OCC)OC(C)S. The zero-order chi connectivity index (χ0) is 14.7. The molecule has 2 atom stereocenters. The minimum atomic E-state index is -2.64. The molecular formula is C13H27NO3SSi. The molecule has 112 valence electrons. The molecule has 0 N–H and O–H groups in total. The number of rotatable bonds is 11. The standard InChI is InChI=1S/C13H27NO3SSi/c1-5-15-19(16-6-2,17-13(4)18)11-12(3)9-7-8-10-14/h12-13,18H,5-9,11H2,1-4H3. The van der Waals surface area contributed by atoms with Crippen molar-refractivity contribution < 1.29 is 13.3 Å². The van der Waals surface area contributed by atoms with Crippen molar-refractivity contribution in [2.75, 3.05) is 13.2 Å². The van der Waals surface area contributed by atoms with Crippen molar-refractivity contribution >= 4 is 21.4 Å². The van der Waals surface area contributed by atoms with E-state index in [2.05, 4.69) is 25.6 Å². The summed E-state index contributed by atoms with van der Waals surface area (Å²) in [6.07, 6.45) is 2.51. The van der Waals surface area contributed by atoms with Gasteiger partial charge in [0.05, 0.1) is 11.5 Å². The summed E-state index contributed by atoms with van der Waals surface area (Å²) in [5.41, 5.74) is -0.198. The second-order valence-corrected chi connectivity index (χ2v) is 7.94. The Balaban J connectivity index is 4.56. The average molecular weight is 306 g/mol. The first-order valence-corrected chi connectivity index (χ1v) is 9.45. The first kappa shape index (κ1) is 18.9. The van der Waals surface area contributed by atoms with Gasteiger partial charge in [-0.2, -0.15) is 5.26 Å². The molecule has 0 bridgehead atoms. The molecule has 6 heteroatoms. The molecule has 19 heavy (non-hydrogen) atoms. The van der Waals surface area contributed by atoms with Crippen molar-refractivity contribution in [3.63, 3.8) is 0 Å². The third-order valence-electron chi connectivity index (χ3n) is 2.66. The predicted molar refractivity (Wildman–Crippen MR) is 82.0 cm³/mol. The Kier molecular flexibility index (Phi) is 10.7. The molecule has 0 aromatic heterocycles. The molecule has 0 aliphatic rings. The second-order valence-electron chi connectivity index (χ2n) is 4.63. The van der Waals surface area contributed by atoms with Crippen molar-refractivity contribution in [2.24, 2.45) is 5.92 Å². The summed E-state index contributed by atoms with van der Waals surface area (Å²) in [5.74, 6) is 0.421. The van der Waals surface area contributed by atoms with Gasteiger partial charge in [0, 0.05) is 25.7 Å². The van der Waals surface area contributed by atoms with Gasteiger partial charge in [0.1, 0.15) is 0 Å². The van der Waals surface area contributed by atoms with Gasteiger partial charge in [-0.05, 0) is 39.5 Å². The molecule has 0 heterocycles. The van der Waals surface area contributed by atoms with Crippen molar-refractivity contribution in [3.8, 4) is 6.07 Å². The van der Waals surface area contributed by atoms with E-state index in [-0.39, 0.29) is 5.44 Å². The molecule has 0 saturated carbocycles. The number of hydrogen-bond acceptors (Lipinski definition) is 5. The fraction of sp³-hybridized carbons (Fsp3) is 0.923. The maximum absolute atomic E-state index is 8.57. The van der Waals surface area contributed by atoms with Gasteiger partial charge in [0.2, 0.25) is 0 Å². The molecule has 0 spiro atoms. The van der Waals surface area contributed by atoms with Crippen LogP contribution in [-0.4, -0.2) is 27.5 Å². The lowest BCUT2D eigenvalue weighted by molar-refractivity contribution is 0.0594. The van der Waals surface area contributed by atoms with Crippen LogP contribution in [0.5, 0.6) is 0 Å². The number of unbranched alkanes of at least 4 members (excludes halogenated alkanes) is 1. The Hall–Kier alpha value is -0.0631. The van der Waals surface area contributed by atoms with Crippen LogP contribution >= 0.6 is 12.6 Å². The molecule has 0 fully saturated rings. The van der Waals surface area contributed by atoms with Crippen LogP contribution in [0.25, 0.3) is 0 Å². The molecule has 0 saturated heterocycles. The summed E-state index contributed by atoms with van der Waals surface area (Å²) in [5, 5.41) is 8.57. The molecule has 0 rings (SSSR count). The predicted octanol–water partition coefficient (Wildman–Crippen LogP) is 3.62. The molecule has 0 amide bonds.